The molecule has 2 amide bonds. The molecule has 9 nitrogen and oxygen atoms in total. The van der Waals surface area contributed by atoms with E-state index in [2.05, 4.69) is 20.2 Å². The van der Waals surface area contributed by atoms with Gasteiger partial charge in [-0.1, -0.05) is 23.9 Å². The normalized spacial score (nSPS) is 13.2. The zero-order valence-electron chi connectivity index (χ0n) is 22.0. The Kier molecular flexibility index (Phi) is 9.56. The highest BCUT2D eigenvalue weighted by atomic mass is 32.2. The van der Waals surface area contributed by atoms with Gasteiger partial charge in [-0.3, -0.25) is 9.59 Å². The van der Waals surface area contributed by atoms with Crippen LogP contribution >= 0.6 is 11.8 Å². The maximum Gasteiger partial charge on any atom is 0.244 e. The Bertz CT molecular complexity index is 1210. The number of morpholine rings is 1. The molecule has 0 saturated carbocycles. The molecule has 0 radical (unpaired) electrons. The molecule has 1 saturated heterocycles. The number of benzene rings is 2. The van der Waals surface area contributed by atoms with Gasteiger partial charge in [0.15, 0.2) is 5.16 Å². The van der Waals surface area contributed by atoms with E-state index in [1.165, 1.54) is 11.8 Å². The third-order valence-electron chi connectivity index (χ3n) is 6.03. The SMILES string of the molecule is COc1ccc(CN(CC(=O)Nc2ccc(N3CCOCC3)cc2)C(=O)CSc2nc(C)cc(C)n2)cc1. The molecule has 1 aliphatic rings. The Morgan fingerprint density at radius 2 is 1.68 bits per heavy atom. The number of carbonyl (C=O) groups excluding carboxylic acids is 2. The van der Waals surface area contributed by atoms with Crippen molar-refractivity contribution < 1.29 is 19.1 Å². The van der Waals surface area contributed by atoms with Crippen LogP contribution in [0, 0.1) is 13.8 Å². The molecule has 10 heteroatoms. The summed E-state index contributed by atoms with van der Waals surface area (Å²) >= 11 is 1.27. The van der Waals surface area contributed by atoms with Gasteiger partial charge in [-0.15, -0.1) is 0 Å². The second-order valence-electron chi connectivity index (χ2n) is 9.01. The fourth-order valence-electron chi connectivity index (χ4n) is 4.11. The van der Waals surface area contributed by atoms with E-state index in [1.807, 2.05) is 68.4 Å². The fraction of sp³-hybridized carbons (Fsp3) is 0.357. The minimum absolute atomic E-state index is 0.0790. The number of amides is 2. The van der Waals surface area contributed by atoms with Crippen LogP contribution in [0.1, 0.15) is 17.0 Å². The average molecular weight is 536 g/mol. The van der Waals surface area contributed by atoms with Gasteiger partial charge in [-0.05, 0) is 61.9 Å². The summed E-state index contributed by atoms with van der Waals surface area (Å²) in [6.45, 7) is 7.13. The predicted molar refractivity (Wildman–Crippen MR) is 149 cm³/mol. The number of anilines is 2. The van der Waals surface area contributed by atoms with Crippen molar-refractivity contribution in [2.75, 3.05) is 55.9 Å². The molecule has 1 aliphatic heterocycles. The van der Waals surface area contributed by atoms with Gasteiger partial charge >= 0.3 is 0 Å². The number of methoxy groups -OCH3 is 1. The van der Waals surface area contributed by atoms with Crippen molar-refractivity contribution in [2.45, 2.75) is 25.5 Å². The van der Waals surface area contributed by atoms with E-state index in [0.717, 1.165) is 41.5 Å². The average Bonchev–Trinajstić information content (AvgIpc) is 2.92. The molecule has 2 heterocycles. The lowest BCUT2D eigenvalue weighted by Gasteiger charge is -2.29. The summed E-state index contributed by atoms with van der Waals surface area (Å²) < 4.78 is 10.7. The Labute approximate surface area is 227 Å². The monoisotopic (exact) mass is 535 g/mol. The van der Waals surface area contributed by atoms with Crippen LogP contribution in [0.4, 0.5) is 11.4 Å². The van der Waals surface area contributed by atoms with Crippen molar-refractivity contribution >= 4 is 35.0 Å². The van der Waals surface area contributed by atoms with E-state index in [9.17, 15) is 9.59 Å². The van der Waals surface area contributed by atoms with E-state index in [-0.39, 0.29) is 24.1 Å². The number of ether oxygens (including phenoxy) is 2. The molecule has 3 aromatic rings. The van der Waals surface area contributed by atoms with Crippen LogP contribution in [-0.4, -0.2) is 72.4 Å². The number of carbonyl (C=O) groups is 2. The summed E-state index contributed by atoms with van der Waals surface area (Å²) in [5, 5.41) is 3.47. The molecule has 0 atom stereocenters. The van der Waals surface area contributed by atoms with E-state index in [0.29, 0.717) is 30.6 Å². The topological polar surface area (TPSA) is 96.9 Å². The third-order valence-corrected chi connectivity index (χ3v) is 6.87. The third kappa shape index (κ3) is 7.93. The molecule has 1 fully saturated rings. The number of aromatic nitrogens is 2. The number of nitrogens with zero attached hydrogens (tertiary/aromatic N) is 4. The maximum atomic E-state index is 13.3. The first-order valence-corrected chi connectivity index (χ1v) is 13.5. The molecule has 0 spiro atoms. The molecule has 0 unspecified atom stereocenters. The zero-order valence-corrected chi connectivity index (χ0v) is 22.8. The van der Waals surface area contributed by atoms with Crippen molar-refractivity contribution in [3.05, 3.63) is 71.5 Å². The zero-order chi connectivity index (χ0) is 26.9. The minimum atomic E-state index is -0.265. The summed E-state index contributed by atoms with van der Waals surface area (Å²) in [5.41, 5.74) is 4.37. The van der Waals surface area contributed by atoms with Gasteiger partial charge in [0.25, 0.3) is 0 Å². The van der Waals surface area contributed by atoms with Crippen molar-refractivity contribution in [1.29, 1.82) is 0 Å². The first-order valence-electron chi connectivity index (χ1n) is 12.5. The Morgan fingerprint density at radius 3 is 2.32 bits per heavy atom. The number of thioether (sulfide) groups is 1. The van der Waals surface area contributed by atoms with Crippen LogP contribution < -0.4 is 15.0 Å². The highest BCUT2D eigenvalue weighted by Crippen LogP contribution is 2.20. The van der Waals surface area contributed by atoms with Gasteiger partial charge in [0.2, 0.25) is 11.8 Å². The summed E-state index contributed by atoms with van der Waals surface area (Å²) in [6.07, 6.45) is 0. The van der Waals surface area contributed by atoms with Crippen LogP contribution in [0.15, 0.2) is 59.8 Å². The smallest absolute Gasteiger partial charge is 0.244 e. The summed E-state index contributed by atoms with van der Waals surface area (Å²) in [7, 11) is 1.61. The quantitative estimate of drug-likeness (QED) is 0.310. The second-order valence-corrected chi connectivity index (χ2v) is 9.96. The summed E-state index contributed by atoms with van der Waals surface area (Å²) in [4.78, 5) is 38.8. The van der Waals surface area contributed by atoms with Crippen molar-refractivity contribution in [1.82, 2.24) is 14.9 Å². The van der Waals surface area contributed by atoms with Gasteiger partial charge in [0, 0.05) is 42.4 Å². The Hall–Kier alpha value is -3.63. The van der Waals surface area contributed by atoms with Crippen molar-refractivity contribution in [2.24, 2.45) is 0 Å². The van der Waals surface area contributed by atoms with Crippen LogP contribution in [0.5, 0.6) is 5.75 Å². The van der Waals surface area contributed by atoms with Crippen LogP contribution in [0.2, 0.25) is 0 Å². The van der Waals surface area contributed by atoms with Crippen LogP contribution in [0.25, 0.3) is 0 Å². The van der Waals surface area contributed by atoms with Crippen molar-refractivity contribution in [3.8, 4) is 5.75 Å². The Balaban J connectivity index is 1.41. The van der Waals surface area contributed by atoms with Gasteiger partial charge in [-0.2, -0.15) is 0 Å². The highest BCUT2D eigenvalue weighted by Gasteiger charge is 2.19. The molecule has 0 aliphatic carbocycles. The first-order chi connectivity index (χ1) is 18.4. The lowest BCUT2D eigenvalue weighted by molar-refractivity contribution is -0.132. The molecule has 4 rings (SSSR count). The highest BCUT2D eigenvalue weighted by molar-refractivity contribution is 7.99. The lowest BCUT2D eigenvalue weighted by Crippen LogP contribution is -2.38. The van der Waals surface area contributed by atoms with E-state index < -0.39 is 0 Å². The first kappa shape index (κ1) is 27.4. The van der Waals surface area contributed by atoms with E-state index >= 15 is 0 Å². The molecular weight excluding hydrogens is 502 g/mol. The van der Waals surface area contributed by atoms with Crippen LogP contribution in [-0.2, 0) is 20.9 Å². The number of rotatable bonds is 10. The number of hydrogen-bond donors (Lipinski definition) is 1. The number of nitrogens with one attached hydrogen (secondary N) is 1. The number of aryl methyl sites for hydroxylation is 2. The molecular formula is C28H33N5O4S. The van der Waals surface area contributed by atoms with Gasteiger partial charge in [-0.25, -0.2) is 9.97 Å². The molecule has 1 aromatic heterocycles. The largest absolute Gasteiger partial charge is 0.497 e. The maximum absolute atomic E-state index is 13.3. The summed E-state index contributed by atoms with van der Waals surface area (Å²) in [5.74, 6) is 0.415. The Morgan fingerprint density at radius 1 is 1.03 bits per heavy atom. The van der Waals surface area contributed by atoms with Gasteiger partial charge in [0.1, 0.15) is 12.3 Å². The lowest BCUT2D eigenvalue weighted by atomic mass is 10.2. The minimum Gasteiger partial charge on any atom is -0.497 e. The standard InChI is InChI=1S/C28H33N5O4S/c1-20-16-21(2)30-28(29-20)38-19-27(35)33(17-22-4-10-25(36-3)11-5-22)18-26(34)31-23-6-8-24(9-7-23)32-12-14-37-15-13-32/h4-11,16H,12-15,17-19H2,1-3H3,(H,31,34). The number of hydrogen-bond acceptors (Lipinski definition) is 8. The van der Waals surface area contributed by atoms with Gasteiger partial charge in [0.05, 0.1) is 26.1 Å². The summed E-state index contributed by atoms with van der Waals surface area (Å²) in [6, 6.07) is 17.1. The van der Waals surface area contributed by atoms with Crippen LogP contribution in [0.3, 0.4) is 0 Å². The molecule has 38 heavy (non-hydrogen) atoms. The predicted octanol–water partition coefficient (Wildman–Crippen LogP) is 3.70. The molecule has 1 N–H and O–H groups in total. The molecule has 200 valence electrons. The van der Waals surface area contributed by atoms with Crippen molar-refractivity contribution in [3.63, 3.8) is 0 Å². The second kappa shape index (κ2) is 13.3. The van der Waals surface area contributed by atoms with E-state index in [1.54, 1.807) is 12.0 Å². The fourth-order valence-corrected chi connectivity index (χ4v) is 4.96. The van der Waals surface area contributed by atoms with E-state index in [4.69, 9.17) is 9.47 Å². The molecule has 0 bridgehead atoms. The van der Waals surface area contributed by atoms with Gasteiger partial charge < -0.3 is 24.6 Å². The molecule has 2 aromatic carbocycles.